The van der Waals surface area contributed by atoms with Crippen LogP contribution in [0.2, 0.25) is 0 Å². The van der Waals surface area contributed by atoms with Crippen LogP contribution in [0.1, 0.15) is 0 Å². The van der Waals surface area contributed by atoms with E-state index in [9.17, 15) is 9.59 Å². The molecule has 0 saturated heterocycles. The molecule has 1 atom stereocenters. The van der Waals surface area contributed by atoms with Crippen LogP contribution >= 0.6 is 0 Å². The van der Waals surface area contributed by atoms with Gasteiger partial charge >= 0.3 is 0 Å². The van der Waals surface area contributed by atoms with Crippen molar-refractivity contribution in [1.82, 2.24) is 0 Å². The predicted octanol–water partition coefficient (Wildman–Crippen LogP) is -2.71. The van der Waals surface area contributed by atoms with Gasteiger partial charge in [-0.1, -0.05) is 0 Å². The Kier molecular flexibility index (Phi) is 3.37. The van der Waals surface area contributed by atoms with Gasteiger partial charge in [-0.25, -0.2) is 0 Å². The molecule has 0 saturated carbocycles. The van der Waals surface area contributed by atoms with Gasteiger partial charge in [0.15, 0.2) is 0 Å². The summed E-state index contributed by atoms with van der Waals surface area (Å²) in [5, 5.41) is 8.47. The van der Waals surface area contributed by atoms with Crippen LogP contribution in [0.25, 0.3) is 0 Å². The van der Waals surface area contributed by atoms with Crippen molar-refractivity contribution in [2.45, 2.75) is 6.29 Å². The summed E-state index contributed by atoms with van der Waals surface area (Å²) in [6.07, 6.45) is -1.76. The van der Waals surface area contributed by atoms with Crippen molar-refractivity contribution in [3.05, 3.63) is 0 Å². The zero-order valence-corrected chi connectivity index (χ0v) is 5.11. The summed E-state index contributed by atoms with van der Waals surface area (Å²) >= 11 is 0. The maximum Gasteiger partial charge on any atom is 0.274 e. The molecule has 6 heteroatoms. The maximum absolute atomic E-state index is 10.0. The maximum atomic E-state index is 10.0. The number of nitrogens with two attached hydrogens (primary N) is 2. The third kappa shape index (κ3) is 3.81. The second-order valence-corrected chi connectivity index (χ2v) is 1.53. The molecule has 0 aromatic heterocycles. The molecular formula is C4H8N2O4. The molecule has 1 unspecified atom stereocenters. The lowest BCUT2D eigenvalue weighted by molar-refractivity contribution is -0.158. The zero-order chi connectivity index (χ0) is 8.15. The fraction of sp³-hybridized carbons (Fsp3) is 0.500. The number of primary amides is 2. The number of aliphatic hydroxyl groups excluding tert-OH is 1. The van der Waals surface area contributed by atoms with E-state index in [1.807, 2.05) is 0 Å². The molecule has 58 valence electrons. The lowest BCUT2D eigenvalue weighted by Gasteiger charge is -2.04. The van der Waals surface area contributed by atoms with Crippen molar-refractivity contribution in [1.29, 1.82) is 0 Å². The Hall–Kier alpha value is -1.14. The molecule has 6 nitrogen and oxygen atoms in total. The number of hydrogen-bond acceptors (Lipinski definition) is 4. The minimum atomic E-state index is -1.76. The zero-order valence-electron chi connectivity index (χ0n) is 5.11. The van der Waals surface area contributed by atoms with Crippen LogP contribution in [0.5, 0.6) is 0 Å². The highest BCUT2D eigenvalue weighted by Crippen LogP contribution is 1.82. The summed E-state index contributed by atoms with van der Waals surface area (Å²) < 4.78 is 4.17. The number of amides is 2. The molecule has 5 N–H and O–H groups in total. The van der Waals surface area contributed by atoms with E-state index in [2.05, 4.69) is 16.2 Å². The van der Waals surface area contributed by atoms with Gasteiger partial charge in [0.05, 0.1) is 0 Å². The Morgan fingerprint density at radius 1 is 1.50 bits per heavy atom. The molecule has 10 heavy (non-hydrogen) atoms. The quantitative estimate of drug-likeness (QED) is 0.376. The molecule has 0 aromatic rings. The number of carbonyl (C=O) groups is 2. The fourth-order valence-corrected chi connectivity index (χ4v) is 0.243. The Balaban J connectivity index is 3.49. The largest absolute Gasteiger partial charge is 0.368 e. The van der Waals surface area contributed by atoms with Gasteiger partial charge in [-0.3, -0.25) is 9.59 Å². The second-order valence-electron chi connectivity index (χ2n) is 1.53. The molecule has 0 aliphatic carbocycles. The molecule has 0 aromatic carbocycles. The number of rotatable bonds is 4. The Morgan fingerprint density at radius 2 is 2.00 bits per heavy atom. The van der Waals surface area contributed by atoms with Crippen LogP contribution < -0.4 is 11.5 Å². The van der Waals surface area contributed by atoms with Crippen molar-refractivity contribution < 1.29 is 19.4 Å². The average molecular weight is 148 g/mol. The number of hydrogen-bond donors (Lipinski definition) is 3. The van der Waals surface area contributed by atoms with Crippen LogP contribution in [-0.4, -0.2) is 29.8 Å². The molecule has 0 bridgehead atoms. The summed E-state index contributed by atoms with van der Waals surface area (Å²) in [5.74, 6) is -1.83. The summed E-state index contributed by atoms with van der Waals surface area (Å²) in [6, 6.07) is 0. The van der Waals surface area contributed by atoms with Crippen molar-refractivity contribution in [3.8, 4) is 0 Å². The van der Waals surface area contributed by atoms with E-state index in [-0.39, 0.29) is 0 Å². The van der Waals surface area contributed by atoms with Gasteiger partial charge in [-0.05, 0) is 0 Å². The van der Waals surface area contributed by atoms with Gasteiger partial charge in [0.25, 0.3) is 5.91 Å². The first kappa shape index (κ1) is 8.86. The smallest absolute Gasteiger partial charge is 0.274 e. The van der Waals surface area contributed by atoms with Crippen LogP contribution in [0.4, 0.5) is 0 Å². The van der Waals surface area contributed by atoms with E-state index < -0.39 is 24.7 Å². The summed E-state index contributed by atoms with van der Waals surface area (Å²) in [6.45, 7) is -0.524. The predicted molar refractivity (Wildman–Crippen MR) is 30.3 cm³/mol. The van der Waals surface area contributed by atoms with Crippen molar-refractivity contribution in [2.24, 2.45) is 11.5 Å². The SMILES string of the molecule is NC(=O)COC(O)C(N)=O. The molecule has 0 fully saturated rings. The van der Waals surface area contributed by atoms with Crippen LogP contribution in [0.3, 0.4) is 0 Å². The van der Waals surface area contributed by atoms with Gasteiger partial charge in [-0.2, -0.15) is 0 Å². The number of carbonyl (C=O) groups excluding carboxylic acids is 2. The number of aliphatic hydroxyl groups is 1. The van der Waals surface area contributed by atoms with Gasteiger partial charge in [0.1, 0.15) is 6.61 Å². The van der Waals surface area contributed by atoms with E-state index in [1.165, 1.54) is 0 Å². The third-order valence-electron chi connectivity index (χ3n) is 0.627. The minimum absolute atomic E-state index is 0.524. The van der Waals surface area contributed by atoms with Crippen LogP contribution in [-0.2, 0) is 14.3 Å². The summed E-state index contributed by atoms with van der Waals surface area (Å²) in [5.41, 5.74) is 9.17. The third-order valence-corrected chi connectivity index (χ3v) is 0.627. The molecule has 0 heterocycles. The highest BCUT2D eigenvalue weighted by molar-refractivity contribution is 5.78. The summed E-state index contributed by atoms with van der Waals surface area (Å²) in [7, 11) is 0. The fourth-order valence-electron chi connectivity index (χ4n) is 0.243. The second kappa shape index (κ2) is 3.80. The Labute approximate surface area is 56.7 Å². The molecular weight excluding hydrogens is 140 g/mol. The Morgan fingerprint density at radius 3 is 2.30 bits per heavy atom. The van der Waals surface area contributed by atoms with Gasteiger partial charge in [0, 0.05) is 0 Å². The lowest BCUT2D eigenvalue weighted by atomic mass is 10.6. The molecule has 0 aliphatic heterocycles. The van der Waals surface area contributed by atoms with E-state index in [4.69, 9.17) is 5.11 Å². The molecule has 2 amide bonds. The van der Waals surface area contributed by atoms with Gasteiger partial charge in [0.2, 0.25) is 12.2 Å². The first-order valence-electron chi connectivity index (χ1n) is 2.41. The van der Waals surface area contributed by atoms with Crippen LogP contribution in [0.15, 0.2) is 0 Å². The highest BCUT2D eigenvalue weighted by atomic mass is 16.6. The van der Waals surface area contributed by atoms with Crippen molar-refractivity contribution in [3.63, 3.8) is 0 Å². The van der Waals surface area contributed by atoms with E-state index in [0.717, 1.165) is 0 Å². The molecule has 0 aliphatic rings. The van der Waals surface area contributed by atoms with Crippen molar-refractivity contribution in [2.75, 3.05) is 6.61 Å². The van der Waals surface area contributed by atoms with Crippen molar-refractivity contribution >= 4 is 11.8 Å². The summed E-state index contributed by atoms with van der Waals surface area (Å²) in [4.78, 5) is 20.0. The topological polar surface area (TPSA) is 116 Å². The lowest BCUT2D eigenvalue weighted by Crippen LogP contribution is -2.33. The standard InChI is InChI=1S/C4H8N2O4/c5-2(7)1-10-4(9)3(6)8/h4,9H,1H2,(H2,5,7)(H2,6,8). The van der Waals surface area contributed by atoms with E-state index >= 15 is 0 Å². The Bertz CT molecular complexity index is 146. The van der Waals surface area contributed by atoms with Gasteiger partial charge in [-0.15, -0.1) is 0 Å². The van der Waals surface area contributed by atoms with E-state index in [0.29, 0.717) is 0 Å². The first-order valence-corrected chi connectivity index (χ1v) is 2.41. The first-order chi connectivity index (χ1) is 4.54. The molecule has 0 radical (unpaired) electrons. The highest BCUT2D eigenvalue weighted by Gasteiger charge is 2.11. The van der Waals surface area contributed by atoms with Gasteiger partial charge < -0.3 is 21.3 Å². The minimum Gasteiger partial charge on any atom is -0.368 e. The monoisotopic (exact) mass is 148 g/mol. The van der Waals surface area contributed by atoms with Crippen LogP contribution in [0, 0.1) is 0 Å². The number of ether oxygens (including phenoxy) is 1. The molecule has 0 spiro atoms. The van der Waals surface area contributed by atoms with E-state index in [1.54, 1.807) is 0 Å². The molecule has 0 rings (SSSR count). The average Bonchev–Trinajstić information content (AvgIpc) is 1.82. The normalized spacial score (nSPS) is 12.5.